The summed E-state index contributed by atoms with van der Waals surface area (Å²) in [5.74, 6) is 1.03. The van der Waals surface area contributed by atoms with Crippen molar-refractivity contribution < 1.29 is 37.0 Å². The Morgan fingerprint density at radius 1 is 0.974 bits per heavy atom. The highest BCUT2D eigenvalue weighted by molar-refractivity contribution is 7.90. The Kier molecular flexibility index (Phi) is 8.21. The number of nitrogens with zero attached hydrogens (tertiary/aromatic N) is 1. The molecule has 9 nitrogen and oxygen atoms in total. The number of carbonyl (C=O) groups excluding carboxylic acids is 2. The van der Waals surface area contributed by atoms with Crippen molar-refractivity contribution in [3.63, 3.8) is 0 Å². The first-order valence-corrected chi connectivity index (χ1v) is 13.9. The third kappa shape index (κ3) is 6.44. The van der Waals surface area contributed by atoms with Crippen LogP contribution < -0.4 is 9.47 Å². The van der Waals surface area contributed by atoms with Crippen LogP contribution in [0, 0.1) is 0 Å². The van der Waals surface area contributed by atoms with Crippen molar-refractivity contribution in [3.8, 4) is 28.4 Å². The molecule has 1 aliphatic heterocycles. The number of sulfone groups is 1. The van der Waals surface area contributed by atoms with Crippen LogP contribution in [0.1, 0.15) is 18.1 Å². The molecular formula is C28H29NO8S. The monoisotopic (exact) mass is 539 g/mol. The van der Waals surface area contributed by atoms with Gasteiger partial charge in [-0.25, -0.2) is 13.2 Å². The first-order chi connectivity index (χ1) is 18.2. The van der Waals surface area contributed by atoms with Gasteiger partial charge in [0.15, 0.2) is 21.3 Å². The number of methoxy groups -OCH3 is 1. The second-order valence-corrected chi connectivity index (χ2v) is 10.7. The van der Waals surface area contributed by atoms with Crippen molar-refractivity contribution in [2.45, 2.75) is 24.8 Å². The molecule has 0 radical (unpaired) electrons. The maximum Gasteiger partial charge on any atom is 0.410 e. The maximum atomic E-state index is 12.2. The lowest BCUT2D eigenvalue weighted by Gasteiger charge is -2.19. The molecule has 0 aliphatic carbocycles. The zero-order chi connectivity index (χ0) is 27.3. The highest BCUT2D eigenvalue weighted by Gasteiger charge is 2.24. The largest absolute Gasteiger partial charge is 0.493 e. The maximum absolute atomic E-state index is 12.2. The van der Waals surface area contributed by atoms with E-state index in [4.69, 9.17) is 18.9 Å². The molecule has 3 aromatic carbocycles. The van der Waals surface area contributed by atoms with Gasteiger partial charge in [0, 0.05) is 11.8 Å². The van der Waals surface area contributed by atoms with Gasteiger partial charge in [-0.3, -0.25) is 4.79 Å². The fourth-order valence-electron chi connectivity index (χ4n) is 4.06. The van der Waals surface area contributed by atoms with E-state index < -0.39 is 15.9 Å². The number of hydrogen-bond acceptors (Lipinski definition) is 8. The molecule has 3 aromatic rings. The molecule has 200 valence electrons. The van der Waals surface area contributed by atoms with Gasteiger partial charge in [-0.05, 0) is 60.0 Å². The van der Waals surface area contributed by atoms with Gasteiger partial charge >= 0.3 is 12.1 Å². The molecule has 0 N–H and O–H groups in total. The highest BCUT2D eigenvalue weighted by Crippen LogP contribution is 2.36. The molecule has 1 amide bonds. The lowest BCUT2D eigenvalue weighted by atomic mass is 10.0. The fraction of sp³-hybridized carbons (Fsp3) is 0.286. The number of carbonyl (C=O) groups is 2. The molecule has 0 saturated carbocycles. The van der Waals surface area contributed by atoms with Gasteiger partial charge in [-0.2, -0.15) is 0 Å². The average molecular weight is 540 g/mol. The molecule has 1 fully saturated rings. The summed E-state index contributed by atoms with van der Waals surface area (Å²) in [7, 11) is -1.79. The summed E-state index contributed by atoms with van der Waals surface area (Å²) >= 11 is 0. The van der Waals surface area contributed by atoms with Crippen LogP contribution in [0.25, 0.3) is 11.1 Å². The molecule has 1 saturated heterocycles. The van der Waals surface area contributed by atoms with Crippen LogP contribution in [-0.2, 0) is 37.1 Å². The van der Waals surface area contributed by atoms with Gasteiger partial charge in [0.25, 0.3) is 0 Å². The highest BCUT2D eigenvalue weighted by atomic mass is 32.2. The second-order valence-electron chi connectivity index (χ2n) is 8.72. The van der Waals surface area contributed by atoms with Crippen LogP contribution in [0.5, 0.6) is 17.2 Å². The molecule has 4 rings (SSSR count). The number of cyclic esters (lactones) is 1. The number of esters is 1. The molecule has 10 heteroatoms. The van der Waals surface area contributed by atoms with E-state index in [-0.39, 0.29) is 23.8 Å². The topological polar surface area (TPSA) is 108 Å². The van der Waals surface area contributed by atoms with Crippen molar-refractivity contribution in [2.24, 2.45) is 0 Å². The van der Waals surface area contributed by atoms with E-state index in [9.17, 15) is 18.0 Å². The smallest absolute Gasteiger partial charge is 0.410 e. The van der Waals surface area contributed by atoms with Crippen LogP contribution in [0.3, 0.4) is 0 Å². The van der Waals surface area contributed by atoms with Crippen molar-refractivity contribution in [3.05, 3.63) is 71.8 Å². The molecule has 0 bridgehead atoms. The molecule has 0 spiro atoms. The third-order valence-electron chi connectivity index (χ3n) is 5.98. The van der Waals surface area contributed by atoms with E-state index in [1.165, 1.54) is 7.11 Å². The zero-order valence-electron chi connectivity index (χ0n) is 21.4. The lowest BCUT2D eigenvalue weighted by Crippen LogP contribution is -2.23. The van der Waals surface area contributed by atoms with Gasteiger partial charge < -0.3 is 23.8 Å². The Balaban J connectivity index is 1.69. The molecule has 38 heavy (non-hydrogen) atoms. The Bertz CT molecular complexity index is 1430. The van der Waals surface area contributed by atoms with E-state index in [0.717, 1.165) is 17.4 Å². The SMILES string of the molecule is CCOC(=O)Cc1ccc(OC)c(Oc2ccc(-c3ccc(S(C)(=O)=O)cc3)cc2CN2CCOC2=O)c1. The average Bonchev–Trinajstić information content (AvgIpc) is 3.29. The minimum absolute atomic E-state index is 0.0864. The normalized spacial score (nSPS) is 13.2. The number of rotatable bonds is 10. The van der Waals surface area contributed by atoms with Crippen molar-refractivity contribution in [2.75, 3.05) is 33.1 Å². The first-order valence-electron chi connectivity index (χ1n) is 12.0. The number of benzene rings is 3. The summed E-state index contributed by atoms with van der Waals surface area (Å²) in [4.78, 5) is 26.0. The molecule has 0 aromatic heterocycles. The summed E-state index contributed by atoms with van der Waals surface area (Å²) in [5.41, 5.74) is 3.05. The van der Waals surface area contributed by atoms with E-state index in [2.05, 4.69) is 0 Å². The molecule has 0 atom stereocenters. The van der Waals surface area contributed by atoms with Gasteiger partial charge in [0.1, 0.15) is 12.4 Å². The van der Waals surface area contributed by atoms with Gasteiger partial charge in [-0.1, -0.05) is 24.3 Å². The van der Waals surface area contributed by atoms with E-state index in [1.807, 2.05) is 12.1 Å². The van der Waals surface area contributed by atoms with Gasteiger partial charge in [0.05, 0.1) is 38.1 Å². The Morgan fingerprint density at radius 2 is 1.68 bits per heavy atom. The standard InChI is InChI=1S/C28H29NO8S/c1-4-35-27(30)16-19-5-11-25(34-2)26(15-19)37-24-12-8-21(17-22(24)18-29-13-14-36-28(29)31)20-6-9-23(10-7-20)38(3,32)33/h5-12,15,17H,4,13-14,16,18H2,1-3H3. The first kappa shape index (κ1) is 27.0. The summed E-state index contributed by atoms with van der Waals surface area (Å²) in [6, 6.07) is 17.3. The number of hydrogen-bond donors (Lipinski definition) is 0. The van der Waals surface area contributed by atoms with E-state index in [1.54, 1.807) is 60.4 Å². The van der Waals surface area contributed by atoms with E-state index >= 15 is 0 Å². The summed E-state index contributed by atoms with van der Waals surface area (Å²) < 4.78 is 45.6. The van der Waals surface area contributed by atoms with Crippen molar-refractivity contribution in [1.29, 1.82) is 0 Å². The predicted molar refractivity (Wildman–Crippen MR) is 140 cm³/mol. The van der Waals surface area contributed by atoms with Crippen LogP contribution in [0.2, 0.25) is 0 Å². The summed E-state index contributed by atoms with van der Waals surface area (Å²) in [6.45, 7) is 3.05. The number of ether oxygens (including phenoxy) is 4. The molecule has 0 unspecified atom stereocenters. The van der Waals surface area contributed by atoms with Crippen molar-refractivity contribution in [1.82, 2.24) is 4.90 Å². The fourth-order valence-corrected chi connectivity index (χ4v) is 4.69. The Labute approximate surface area is 221 Å². The molecule has 1 aliphatic rings. The quantitative estimate of drug-likeness (QED) is 0.344. The minimum atomic E-state index is -3.31. The van der Waals surface area contributed by atoms with Crippen LogP contribution in [0.15, 0.2) is 65.6 Å². The molecular weight excluding hydrogens is 510 g/mol. The molecule has 1 heterocycles. The summed E-state index contributed by atoms with van der Waals surface area (Å²) in [5, 5.41) is 0. The lowest BCUT2D eigenvalue weighted by molar-refractivity contribution is -0.142. The minimum Gasteiger partial charge on any atom is -0.493 e. The van der Waals surface area contributed by atoms with Crippen LogP contribution in [0.4, 0.5) is 4.79 Å². The van der Waals surface area contributed by atoms with Gasteiger partial charge in [-0.15, -0.1) is 0 Å². The second kappa shape index (κ2) is 11.6. The van der Waals surface area contributed by atoms with Gasteiger partial charge in [0.2, 0.25) is 0 Å². The van der Waals surface area contributed by atoms with Crippen LogP contribution >= 0.6 is 0 Å². The third-order valence-corrected chi connectivity index (χ3v) is 7.11. The predicted octanol–water partition coefficient (Wildman–Crippen LogP) is 4.62. The van der Waals surface area contributed by atoms with E-state index in [0.29, 0.717) is 48.1 Å². The van der Waals surface area contributed by atoms with Crippen molar-refractivity contribution >= 4 is 21.9 Å². The van der Waals surface area contributed by atoms with Crippen LogP contribution in [-0.4, -0.2) is 58.5 Å². The Morgan fingerprint density at radius 3 is 2.32 bits per heavy atom. The summed E-state index contributed by atoms with van der Waals surface area (Å²) in [6.07, 6.45) is 0.841. The number of amides is 1. The Hall–Kier alpha value is -4.05. The zero-order valence-corrected chi connectivity index (χ0v) is 22.2.